The molecule has 0 saturated heterocycles. The van der Waals surface area contributed by atoms with E-state index in [9.17, 15) is 9.59 Å². The van der Waals surface area contributed by atoms with Crippen LogP contribution in [-0.4, -0.2) is 31.9 Å². The Morgan fingerprint density at radius 2 is 1.04 bits per heavy atom. The van der Waals surface area contributed by atoms with Crippen LogP contribution in [0.4, 0.5) is 11.4 Å². The molecule has 2 aromatic carbocycles. The Kier molecular flexibility index (Phi) is 6.47. The maximum atomic E-state index is 11.5. The van der Waals surface area contributed by atoms with E-state index >= 15 is 0 Å². The van der Waals surface area contributed by atoms with Crippen LogP contribution in [0.1, 0.15) is 0 Å². The van der Waals surface area contributed by atoms with Gasteiger partial charge in [-0.2, -0.15) is 0 Å². The molecule has 0 bridgehead atoms. The van der Waals surface area contributed by atoms with Crippen molar-refractivity contribution in [1.82, 2.24) is 0 Å². The second-order valence-electron chi connectivity index (χ2n) is 4.87. The van der Waals surface area contributed by atoms with E-state index in [1.165, 1.54) is 0 Å². The zero-order chi connectivity index (χ0) is 18.1. The van der Waals surface area contributed by atoms with Gasteiger partial charge in [0.2, 0.25) is 6.79 Å². The molecule has 4 N–H and O–H groups in total. The third kappa shape index (κ3) is 6.69. The standard InChI is InChI=1S/C17H18N2O6/c18-12-1-5-14(6-2-12)22-9-16(20)24-11-25-17(21)10-23-15-7-3-13(19)4-8-15/h1-8H,9-11,18-19H2. The highest BCUT2D eigenvalue weighted by Crippen LogP contribution is 2.13. The molecule has 0 aliphatic carbocycles. The Hall–Kier alpha value is -3.42. The van der Waals surface area contributed by atoms with Gasteiger partial charge in [-0.25, -0.2) is 9.59 Å². The number of hydrogen-bond donors (Lipinski definition) is 2. The average Bonchev–Trinajstić information content (AvgIpc) is 2.61. The normalized spacial score (nSPS) is 9.92. The van der Waals surface area contributed by atoms with Crippen LogP contribution in [0.5, 0.6) is 11.5 Å². The molecule has 0 fully saturated rings. The Bertz CT molecular complexity index is 639. The van der Waals surface area contributed by atoms with Crippen LogP contribution >= 0.6 is 0 Å². The number of benzene rings is 2. The number of carbonyl (C=O) groups is 2. The van der Waals surface area contributed by atoms with Crippen molar-refractivity contribution in [3.63, 3.8) is 0 Å². The Balaban J connectivity index is 1.59. The van der Waals surface area contributed by atoms with Crippen LogP contribution in [0, 0.1) is 0 Å². The summed E-state index contributed by atoms with van der Waals surface area (Å²) < 4.78 is 19.8. The zero-order valence-electron chi connectivity index (χ0n) is 13.3. The third-order valence-corrected chi connectivity index (χ3v) is 2.91. The quantitative estimate of drug-likeness (QED) is 0.417. The Morgan fingerprint density at radius 1 is 0.680 bits per heavy atom. The van der Waals surface area contributed by atoms with E-state index in [-0.39, 0.29) is 13.2 Å². The smallest absolute Gasteiger partial charge is 0.347 e. The number of esters is 2. The van der Waals surface area contributed by atoms with Gasteiger partial charge in [0.1, 0.15) is 11.5 Å². The van der Waals surface area contributed by atoms with Crippen molar-refractivity contribution in [1.29, 1.82) is 0 Å². The van der Waals surface area contributed by atoms with Gasteiger partial charge in [-0.1, -0.05) is 0 Å². The topological polar surface area (TPSA) is 123 Å². The minimum atomic E-state index is -0.677. The molecule has 0 heterocycles. The van der Waals surface area contributed by atoms with E-state index in [1.807, 2.05) is 0 Å². The summed E-state index contributed by atoms with van der Waals surface area (Å²) in [7, 11) is 0. The van der Waals surface area contributed by atoms with E-state index in [0.29, 0.717) is 22.9 Å². The Morgan fingerprint density at radius 3 is 1.40 bits per heavy atom. The van der Waals surface area contributed by atoms with Gasteiger partial charge in [0.05, 0.1) is 0 Å². The van der Waals surface area contributed by atoms with Crippen molar-refractivity contribution in [2.24, 2.45) is 0 Å². The third-order valence-electron chi connectivity index (χ3n) is 2.91. The summed E-state index contributed by atoms with van der Waals surface area (Å²) in [5, 5.41) is 0. The molecule has 0 amide bonds. The highest BCUT2D eigenvalue weighted by Gasteiger charge is 2.08. The van der Waals surface area contributed by atoms with Gasteiger partial charge in [-0.15, -0.1) is 0 Å². The first-order valence-corrected chi connectivity index (χ1v) is 7.31. The van der Waals surface area contributed by atoms with Crippen molar-refractivity contribution in [3.05, 3.63) is 48.5 Å². The monoisotopic (exact) mass is 346 g/mol. The molecule has 8 heteroatoms. The van der Waals surface area contributed by atoms with Gasteiger partial charge in [0.25, 0.3) is 0 Å². The lowest BCUT2D eigenvalue weighted by molar-refractivity contribution is -0.169. The first kappa shape index (κ1) is 17.9. The van der Waals surface area contributed by atoms with E-state index < -0.39 is 18.7 Å². The maximum absolute atomic E-state index is 11.5. The summed E-state index contributed by atoms with van der Waals surface area (Å²) in [5.74, 6) is -0.409. The van der Waals surface area contributed by atoms with Crippen molar-refractivity contribution in [2.75, 3.05) is 31.5 Å². The van der Waals surface area contributed by atoms with Gasteiger partial charge in [0, 0.05) is 11.4 Å². The first-order valence-electron chi connectivity index (χ1n) is 7.31. The van der Waals surface area contributed by atoms with Crippen molar-refractivity contribution < 1.29 is 28.5 Å². The fourth-order valence-corrected chi connectivity index (χ4v) is 1.66. The summed E-state index contributed by atoms with van der Waals surface area (Å²) >= 11 is 0. The van der Waals surface area contributed by atoms with E-state index in [2.05, 4.69) is 0 Å². The maximum Gasteiger partial charge on any atom is 0.347 e. The molecule has 8 nitrogen and oxygen atoms in total. The predicted molar refractivity (Wildman–Crippen MR) is 89.7 cm³/mol. The number of anilines is 2. The number of rotatable bonds is 8. The van der Waals surface area contributed by atoms with Crippen LogP contribution in [0.2, 0.25) is 0 Å². The van der Waals surface area contributed by atoms with Crippen LogP contribution in [-0.2, 0) is 19.1 Å². The minimum absolute atomic E-state index is 0.316. The number of nitrogens with two attached hydrogens (primary N) is 2. The molecule has 0 spiro atoms. The zero-order valence-corrected chi connectivity index (χ0v) is 13.3. The molecular formula is C17H18N2O6. The molecule has 0 radical (unpaired) electrons. The summed E-state index contributed by atoms with van der Waals surface area (Å²) in [6.45, 7) is -1.15. The lowest BCUT2D eigenvalue weighted by Crippen LogP contribution is -2.21. The average molecular weight is 346 g/mol. The molecule has 0 aliphatic heterocycles. The fraction of sp³-hybridized carbons (Fsp3) is 0.176. The molecule has 0 saturated carbocycles. The molecule has 2 rings (SSSR count). The van der Waals surface area contributed by atoms with Crippen LogP contribution < -0.4 is 20.9 Å². The van der Waals surface area contributed by atoms with Crippen LogP contribution in [0.3, 0.4) is 0 Å². The molecule has 25 heavy (non-hydrogen) atoms. The number of ether oxygens (including phenoxy) is 4. The largest absolute Gasteiger partial charge is 0.482 e. The van der Waals surface area contributed by atoms with Gasteiger partial charge in [-0.05, 0) is 48.5 Å². The van der Waals surface area contributed by atoms with Gasteiger partial charge >= 0.3 is 11.9 Å². The molecule has 0 aromatic heterocycles. The minimum Gasteiger partial charge on any atom is -0.482 e. The highest BCUT2D eigenvalue weighted by atomic mass is 16.7. The van der Waals surface area contributed by atoms with E-state index in [0.717, 1.165) is 0 Å². The predicted octanol–water partition coefficient (Wildman–Crippen LogP) is 1.35. The summed E-state index contributed by atoms with van der Waals surface area (Å²) in [4.78, 5) is 22.9. The number of hydrogen-bond acceptors (Lipinski definition) is 8. The summed E-state index contributed by atoms with van der Waals surface area (Å²) in [5.41, 5.74) is 12.2. The molecule has 132 valence electrons. The second kappa shape index (κ2) is 9.02. The molecule has 0 aliphatic rings. The molecule has 0 unspecified atom stereocenters. The van der Waals surface area contributed by atoms with Gasteiger partial charge in [-0.3, -0.25) is 0 Å². The molecule has 0 atom stereocenters. The molecular weight excluding hydrogens is 328 g/mol. The summed E-state index contributed by atoms with van der Waals surface area (Å²) in [6.07, 6.45) is 0. The van der Waals surface area contributed by atoms with Crippen molar-refractivity contribution in [2.45, 2.75) is 0 Å². The highest BCUT2D eigenvalue weighted by molar-refractivity contribution is 5.72. The second-order valence-corrected chi connectivity index (χ2v) is 4.87. The number of nitrogen functional groups attached to an aromatic ring is 2. The van der Waals surface area contributed by atoms with Crippen molar-refractivity contribution in [3.8, 4) is 11.5 Å². The lowest BCUT2D eigenvalue weighted by atomic mass is 10.3. The van der Waals surface area contributed by atoms with Gasteiger partial charge < -0.3 is 30.4 Å². The fourth-order valence-electron chi connectivity index (χ4n) is 1.66. The van der Waals surface area contributed by atoms with Crippen LogP contribution in [0.25, 0.3) is 0 Å². The van der Waals surface area contributed by atoms with Gasteiger partial charge in [0.15, 0.2) is 13.2 Å². The number of carbonyl (C=O) groups excluding carboxylic acids is 2. The SMILES string of the molecule is Nc1ccc(OCC(=O)OCOC(=O)COc2ccc(N)cc2)cc1. The lowest BCUT2D eigenvalue weighted by Gasteiger charge is -2.09. The summed E-state index contributed by atoms with van der Waals surface area (Å²) in [6, 6.07) is 13.1. The Labute approximate surface area is 144 Å². The van der Waals surface area contributed by atoms with Crippen LogP contribution in [0.15, 0.2) is 48.5 Å². The van der Waals surface area contributed by atoms with Crippen molar-refractivity contribution >= 4 is 23.3 Å². The van der Waals surface area contributed by atoms with E-state index in [4.69, 9.17) is 30.4 Å². The molecule has 2 aromatic rings. The van der Waals surface area contributed by atoms with E-state index in [1.54, 1.807) is 48.5 Å². The first-order chi connectivity index (χ1) is 12.0.